The summed E-state index contributed by atoms with van der Waals surface area (Å²) in [5, 5.41) is 0. The van der Waals surface area contributed by atoms with Crippen LogP contribution in [-0.4, -0.2) is 72.9 Å². The number of piperazine rings is 1. The van der Waals surface area contributed by atoms with Crippen molar-refractivity contribution in [1.29, 1.82) is 0 Å². The van der Waals surface area contributed by atoms with E-state index in [1.165, 1.54) is 15.3 Å². The Morgan fingerprint density at radius 2 is 2.06 bits per heavy atom. The van der Waals surface area contributed by atoms with Gasteiger partial charge in [0.05, 0.1) is 6.26 Å². The topological polar surface area (TPSA) is 78.0 Å². The molecule has 3 amide bonds. The molecule has 0 aromatic rings. The fourth-order valence-electron chi connectivity index (χ4n) is 2.23. The van der Waals surface area contributed by atoms with Crippen LogP contribution in [0.1, 0.15) is 0 Å². The minimum Gasteiger partial charge on any atom is -0.310 e. The van der Waals surface area contributed by atoms with Gasteiger partial charge in [0.1, 0.15) is 6.04 Å². The maximum atomic E-state index is 12.0. The first-order valence-electron chi connectivity index (χ1n) is 5.54. The summed E-state index contributed by atoms with van der Waals surface area (Å²) in [6.07, 6.45) is 2.58. The van der Waals surface area contributed by atoms with Crippen LogP contribution in [-0.2, 0) is 14.8 Å². The lowest BCUT2D eigenvalue weighted by Crippen LogP contribution is -2.54. The minimum absolute atomic E-state index is 0.0387. The predicted molar refractivity (Wildman–Crippen MR) is 64.2 cm³/mol. The molecule has 0 saturated carbocycles. The fourth-order valence-corrected chi connectivity index (χ4v) is 3.05. The summed E-state index contributed by atoms with van der Waals surface area (Å²) in [6, 6.07) is -1.06. The Labute approximate surface area is 106 Å². The molecule has 8 heteroatoms. The van der Waals surface area contributed by atoms with E-state index in [-0.39, 0.29) is 38.1 Å². The summed E-state index contributed by atoms with van der Waals surface area (Å²) in [7, 11) is -3.33. The van der Waals surface area contributed by atoms with Crippen LogP contribution in [0.2, 0.25) is 0 Å². The zero-order chi connectivity index (χ0) is 13.5. The molecule has 0 aliphatic carbocycles. The Morgan fingerprint density at radius 3 is 2.61 bits per heavy atom. The zero-order valence-corrected chi connectivity index (χ0v) is 10.9. The molecule has 100 valence electrons. The van der Waals surface area contributed by atoms with Crippen molar-refractivity contribution in [2.24, 2.45) is 0 Å². The highest BCUT2D eigenvalue weighted by molar-refractivity contribution is 7.88. The van der Waals surface area contributed by atoms with Crippen molar-refractivity contribution >= 4 is 22.0 Å². The maximum absolute atomic E-state index is 12.0. The van der Waals surface area contributed by atoms with Crippen molar-refractivity contribution in [2.75, 3.05) is 32.4 Å². The van der Waals surface area contributed by atoms with E-state index in [4.69, 9.17) is 0 Å². The summed E-state index contributed by atoms with van der Waals surface area (Å²) in [5.41, 5.74) is 0. The molecule has 0 aromatic carbocycles. The van der Waals surface area contributed by atoms with Gasteiger partial charge in [-0.05, 0) is 0 Å². The van der Waals surface area contributed by atoms with E-state index >= 15 is 0 Å². The van der Waals surface area contributed by atoms with Crippen LogP contribution in [0.25, 0.3) is 0 Å². The molecule has 2 heterocycles. The molecule has 2 saturated heterocycles. The van der Waals surface area contributed by atoms with Gasteiger partial charge in [0, 0.05) is 26.2 Å². The summed E-state index contributed by atoms with van der Waals surface area (Å²) in [6.45, 7) is 4.17. The van der Waals surface area contributed by atoms with E-state index in [1.807, 2.05) is 0 Å². The highest BCUT2D eigenvalue weighted by Gasteiger charge is 2.48. The second kappa shape index (κ2) is 4.36. The number of sulfonamides is 1. The van der Waals surface area contributed by atoms with Crippen molar-refractivity contribution in [3.8, 4) is 0 Å². The van der Waals surface area contributed by atoms with Crippen molar-refractivity contribution in [2.45, 2.75) is 6.04 Å². The van der Waals surface area contributed by atoms with E-state index in [0.717, 1.165) is 11.2 Å². The summed E-state index contributed by atoms with van der Waals surface area (Å²) < 4.78 is 24.1. The van der Waals surface area contributed by atoms with Crippen LogP contribution < -0.4 is 0 Å². The van der Waals surface area contributed by atoms with Crippen LogP contribution in [0.15, 0.2) is 12.7 Å². The lowest BCUT2D eigenvalue weighted by Gasteiger charge is -2.33. The number of urea groups is 1. The van der Waals surface area contributed by atoms with Gasteiger partial charge in [-0.25, -0.2) is 13.2 Å². The number of carbonyl (C=O) groups excluding carboxylic acids is 2. The summed E-state index contributed by atoms with van der Waals surface area (Å²) in [4.78, 5) is 26.4. The van der Waals surface area contributed by atoms with Gasteiger partial charge >= 0.3 is 6.03 Å². The normalized spacial score (nSPS) is 25.5. The number of nitrogens with zero attached hydrogens (tertiary/aromatic N) is 3. The van der Waals surface area contributed by atoms with Crippen LogP contribution >= 0.6 is 0 Å². The lowest BCUT2D eigenvalue weighted by molar-refractivity contribution is -0.128. The molecule has 0 radical (unpaired) electrons. The first-order chi connectivity index (χ1) is 8.36. The Bertz CT molecular complexity index is 501. The third-order valence-electron chi connectivity index (χ3n) is 3.15. The predicted octanol–water partition coefficient (Wildman–Crippen LogP) is -0.920. The Morgan fingerprint density at radius 1 is 1.39 bits per heavy atom. The highest BCUT2D eigenvalue weighted by atomic mass is 32.2. The Hall–Kier alpha value is -1.41. The maximum Gasteiger partial charge on any atom is 0.327 e. The first-order valence-corrected chi connectivity index (χ1v) is 7.39. The Balaban J connectivity index is 2.21. The number of fused-ring (bicyclic) bond motifs is 1. The molecule has 2 fully saturated rings. The second-order valence-electron chi connectivity index (χ2n) is 4.35. The van der Waals surface area contributed by atoms with E-state index in [2.05, 4.69) is 6.58 Å². The number of rotatable bonds is 3. The van der Waals surface area contributed by atoms with Crippen molar-refractivity contribution in [3.63, 3.8) is 0 Å². The van der Waals surface area contributed by atoms with Crippen LogP contribution in [0.4, 0.5) is 4.79 Å². The van der Waals surface area contributed by atoms with Gasteiger partial charge in [0.2, 0.25) is 10.0 Å². The lowest BCUT2D eigenvalue weighted by atomic mass is 10.2. The van der Waals surface area contributed by atoms with E-state index in [9.17, 15) is 18.0 Å². The third kappa shape index (κ3) is 2.01. The van der Waals surface area contributed by atoms with E-state index < -0.39 is 16.1 Å². The first kappa shape index (κ1) is 13.0. The number of hydrogen-bond donors (Lipinski definition) is 0. The molecule has 7 nitrogen and oxygen atoms in total. The second-order valence-corrected chi connectivity index (χ2v) is 6.33. The standard InChI is InChI=1S/C10H15N3O4S/c1-3-4-13-9(14)8-7-11(18(2,16)17)5-6-12(8)10(13)15/h3,8H,1,4-7H2,2H3. The quantitative estimate of drug-likeness (QED) is 0.492. The fraction of sp³-hybridized carbons (Fsp3) is 0.600. The van der Waals surface area contributed by atoms with Crippen LogP contribution in [0, 0.1) is 0 Å². The SMILES string of the molecule is C=CCN1C(=O)C2CN(S(C)(=O)=O)CCN2C1=O. The summed E-state index contributed by atoms with van der Waals surface area (Å²) in [5.74, 6) is -0.353. The van der Waals surface area contributed by atoms with Gasteiger partial charge in [-0.3, -0.25) is 9.69 Å². The molecule has 0 aromatic heterocycles. The highest BCUT2D eigenvalue weighted by Crippen LogP contribution is 2.22. The van der Waals surface area contributed by atoms with Gasteiger partial charge in [-0.1, -0.05) is 6.08 Å². The van der Waals surface area contributed by atoms with Crippen LogP contribution in [0.3, 0.4) is 0 Å². The van der Waals surface area contributed by atoms with E-state index in [1.54, 1.807) is 0 Å². The summed E-state index contributed by atoms with van der Waals surface area (Å²) >= 11 is 0. The Kier molecular flexibility index (Phi) is 3.16. The number of imide groups is 1. The third-order valence-corrected chi connectivity index (χ3v) is 4.42. The molecule has 2 aliphatic rings. The molecular formula is C10H15N3O4S. The molecule has 0 N–H and O–H groups in total. The van der Waals surface area contributed by atoms with E-state index in [0.29, 0.717) is 0 Å². The number of hydrogen-bond acceptors (Lipinski definition) is 4. The molecule has 1 atom stereocenters. The van der Waals surface area contributed by atoms with Crippen molar-refractivity contribution in [1.82, 2.24) is 14.1 Å². The number of carbonyl (C=O) groups is 2. The smallest absolute Gasteiger partial charge is 0.310 e. The van der Waals surface area contributed by atoms with Crippen LogP contribution in [0.5, 0.6) is 0 Å². The largest absolute Gasteiger partial charge is 0.327 e. The van der Waals surface area contributed by atoms with Gasteiger partial charge in [0.25, 0.3) is 5.91 Å². The van der Waals surface area contributed by atoms with Crippen molar-refractivity contribution in [3.05, 3.63) is 12.7 Å². The molecular weight excluding hydrogens is 258 g/mol. The minimum atomic E-state index is -3.33. The molecule has 0 bridgehead atoms. The molecule has 18 heavy (non-hydrogen) atoms. The average molecular weight is 273 g/mol. The average Bonchev–Trinajstić information content (AvgIpc) is 2.53. The van der Waals surface area contributed by atoms with Gasteiger partial charge in [-0.2, -0.15) is 4.31 Å². The van der Waals surface area contributed by atoms with Gasteiger partial charge in [0.15, 0.2) is 0 Å². The van der Waals surface area contributed by atoms with Gasteiger partial charge < -0.3 is 4.90 Å². The molecule has 2 aliphatic heterocycles. The monoisotopic (exact) mass is 273 g/mol. The molecule has 1 unspecified atom stereocenters. The zero-order valence-electron chi connectivity index (χ0n) is 10.1. The molecule has 2 rings (SSSR count). The number of amides is 3. The molecule has 0 spiro atoms. The van der Waals surface area contributed by atoms with Gasteiger partial charge in [-0.15, -0.1) is 6.58 Å². The van der Waals surface area contributed by atoms with Crippen molar-refractivity contribution < 1.29 is 18.0 Å².